The maximum Gasteiger partial charge on any atom is 0.338 e. The van der Waals surface area contributed by atoms with Gasteiger partial charge in [0, 0.05) is 13.1 Å². The van der Waals surface area contributed by atoms with E-state index in [-0.39, 0.29) is 12.2 Å². The lowest BCUT2D eigenvalue weighted by Crippen LogP contribution is -2.25. The zero-order valence-corrected chi connectivity index (χ0v) is 11.0. The van der Waals surface area contributed by atoms with Crippen LogP contribution in [0.4, 0.5) is 0 Å². The summed E-state index contributed by atoms with van der Waals surface area (Å²) in [6.45, 7) is 1.67. The van der Waals surface area contributed by atoms with Crippen LogP contribution in [-0.2, 0) is 13.1 Å². The molecule has 0 bridgehead atoms. The fourth-order valence-corrected chi connectivity index (χ4v) is 1.99. The third-order valence-electron chi connectivity index (χ3n) is 2.95. The molecule has 106 valence electrons. The zero-order valence-electron chi connectivity index (χ0n) is 11.0. The second-order valence-corrected chi connectivity index (χ2v) is 4.53. The number of carboxylic acid groups (broad SMARTS) is 1. The Balaban J connectivity index is 2.02. The highest BCUT2D eigenvalue weighted by Gasteiger charge is 2.12. The minimum absolute atomic E-state index is 0.0410. The Hall–Kier alpha value is -2.11. The maximum atomic E-state index is 10.8. The molecular weight excluding hydrogens is 258 g/mol. The number of benzene rings is 1. The molecule has 5 heteroatoms. The second-order valence-electron chi connectivity index (χ2n) is 4.53. The molecule has 0 aliphatic carbocycles. The molecule has 0 fully saturated rings. The third kappa shape index (κ3) is 3.94. The Morgan fingerprint density at radius 1 is 1.20 bits per heavy atom. The number of carboxylic acids is 1. The number of nitrogens with zero attached hydrogens (tertiary/aromatic N) is 1. The lowest BCUT2D eigenvalue weighted by molar-refractivity contribution is 0.0696. The first-order valence-electron chi connectivity index (χ1n) is 6.37. The maximum absolute atomic E-state index is 10.8. The molecule has 0 atom stereocenters. The van der Waals surface area contributed by atoms with Crippen molar-refractivity contribution in [3.63, 3.8) is 0 Å². The molecule has 1 heterocycles. The summed E-state index contributed by atoms with van der Waals surface area (Å²) in [4.78, 5) is 12.8. The average Bonchev–Trinajstić information content (AvgIpc) is 2.89. The normalized spacial score (nSPS) is 10.9. The van der Waals surface area contributed by atoms with E-state index in [4.69, 9.17) is 14.6 Å². The molecule has 2 N–H and O–H groups in total. The molecule has 0 spiro atoms. The van der Waals surface area contributed by atoms with Gasteiger partial charge in [0.2, 0.25) is 0 Å². The van der Waals surface area contributed by atoms with E-state index >= 15 is 0 Å². The van der Waals surface area contributed by atoms with Crippen molar-refractivity contribution in [2.45, 2.75) is 13.1 Å². The van der Waals surface area contributed by atoms with Crippen molar-refractivity contribution in [1.82, 2.24) is 4.90 Å². The molecule has 0 aliphatic rings. The highest BCUT2D eigenvalue weighted by atomic mass is 16.4. The fourth-order valence-electron chi connectivity index (χ4n) is 1.99. The van der Waals surface area contributed by atoms with Crippen LogP contribution in [0, 0.1) is 0 Å². The molecule has 2 rings (SSSR count). The largest absolute Gasteiger partial charge is 0.478 e. The Kier molecular flexibility index (Phi) is 4.92. The van der Waals surface area contributed by atoms with Crippen LogP contribution in [0.25, 0.3) is 0 Å². The van der Waals surface area contributed by atoms with Crippen molar-refractivity contribution in [3.05, 3.63) is 59.5 Å². The van der Waals surface area contributed by atoms with Gasteiger partial charge in [0.1, 0.15) is 12.0 Å². The summed E-state index contributed by atoms with van der Waals surface area (Å²) in [5.74, 6) is -0.427. The van der Waals surface area contributed by atoms with E-state index in [0.29, 0.717) is 25.4 Å². The van der Waals surface area contributed by atoms with Gasteiger partial charge in [-0.3, -0.25) is 4.90 Å². The number of rotatable bonds is 7. The number of hydrogen-bond donors (Lipinski definition) is 2. The number of hydrogen-bond acceptors (Lipinski definition) is 4. The lowest BCUT2D eigenvalue weighted by Gasteiger charge is -2.20. The van der Waals surface area contributed by atoms with E-state index in [2.05, 4.69) is 0 Å². The van der Waals surface area contributed by atoms with Gasteiger partial charge in [-0.15, -0.1) is 0 Å². The number of aliphatic hydroxyl groups excluding tert-OH is 1. The average molecular weight is 275 g/mol. The van der Waals surface area contributed by atoms with Gasteiger partial charge < -0.3 is 14.6 Å². The van der Waals surface area contributed by atoms with E-state index in [1.807, 2.05) is 35.2 Å². The van der Waals surface area contributed by atoms with Gasteiger partial charge in [-0.25, -0.2) is 4.79 Å². The summed E-state index contributed by atoms with van der Waals surface area (Å²) in [6.07, 6.45) is 1.23. The van der Waals surface area contributed by atoms with Gasteiger partial charge in [0.05, 0.1) is 18.7 Å². The Bertz CT molecular complexity index is 550. The van der Waals surface area contributed by atoms with Crippen molar-refractivity contribution in [1.29, 1.82) is 0 Å². The first kappa shape index (κ1) is 14.3. The summed E-state index contributed by atoms with van der Waals surface area (Å²) in [7, 11) is 0. The summed E-state index contributed by atoms with van der Waals surface area (Å²) in [6, 6.07) is 11.4. The molecule has 0 amide bonds. The van der Waals surface area contributed by atoms with E-state index in [1.54, 1.807) is 0 Å². The molecule has 1 aromatic heterocycles. The van der Waals surface area contributed by atoms with Crippen LogP contribution in [-0.4, -0.2) is 34.2 Å². The summed E-state index contributed by atoms with van der Waals surface area (Å²) < 4.78 is 5.24. The molecule has 0 aliphatic heterocycles. The van der Waals surface area contributed by atoms with Gasteiger partial charge in [-0.2, -0.15) is 0 Å². The molecule has 0 saturated carbocycles. The van der Waals surface area contributed by atoms with Crippen molar-refractivity contribution >= 4 is 5.97 Å². The van der Waals surface area contributed by atoms with E-state index in [0.717, 1.165) is 5.56 Å². The Morgan fingerprint density at radius 2 is 1.95 bits per heavy atom. The van der Waals surface area contributed by atoms with Gasteiger partial charge in [0.25, 0.3) is 0 Å². The monoisotopic (exact) mass is 275 g/mol. The SMILES string of the molecule is O=C(O)c1coc(CN(CCO)Cc2ccccc2)c1. The Morgan fingerprint density at radius 3 is 2.55 bits per heavy atom. The van der Waals surface area contributed by atoms with Gasteiger partial charge in [-0.1, -0.05) is 30.3 Å². The highest BCUT2D eigenvalue weighted by molar-refractivity contribution is 5.87. The second kappa shape index (κ2) is 6.88. The minimum Gasteiger partial charge on any atom is -0.478 e. The van der Waals surface area contributed by atoms with Crippen molar-refractivity contribution in [3.8, 4) is 0 Å². The minimum atomic E-state index is -1.00. The molecule has 0 unspecified atom stereocenters. The molecule has 20 heavy (non-hydrogen) atoms. The number of furan rings is 1. The van der Waals surface area contributed by atoms with Crippen molar-refractivity contribution in [2.24, 2.45) is 0 Å². The van der Waals surface area contributed by atoms with Crippen LogP contribution in [0.2, 0.25) is 0 Å². The third-order valence-corrected chi connectivity index (χ3v) is 2.95. The summed E-state index contributed by atoms with van der Waals surface area (Å²) in [5.41, 5.74) is 1.27. The topological polar surface area (TPSA) is 73.9 Å². The van der Waals surface area contributed by atoms with Crippen LogP contribution in [0.5, 0.6) is 0 Å². The zero-order chi connectivity index (χ0) is 14.4. The number of carbonyl (C=O) groups is 1. The molecule has 0 radical (unpaired) electrons. The predicted molar refractivity (Wildman–Crippen MR) is 73.3 cm³/mol. The molecule has 0 saturated heterocycles. The van der Waals surface area contributed by atoms with Gasteiger partial charge in [0.15, 0.2) is 0 Å². The predicted octanol–water partition coefficient (Wildman–Crippen LogP) is 1.97. The van der Waals surface area contributed by atoms with Crippen molar-refractivity contribution < 1.29 is 19.4 Å². The standard InChI is InChI=1S/C15H17NO4/c17-7-6-16(9-12-4-2-1-3-5-12)10-14-8-13(11-20-14)15(18)19/h1-5,8,11,17H,6-7,9-10H2,(H,18,19). The van der Waals surface area contributed by atoms with Crippen LogP contribution >= 0.6 is 0 Å². The van der Waals surface area contributed by atoms with Gasteiger partial charge >= 0.3 is 5.97 Å². The van der Waals surface area contributed by atoms with E-state index < -0.39 is 5.97 Å². The van der Waals surface area contributed by atoms with Crippen molar-refractivity contribution in [2.75, 3.05) is 13.2 Å². The first-order chi connectivity index (χ1) is 9.69. The summed E-state index contributed by atoms with van der Waals surface area (Å²) >= 11 is 0. The fraction of sp³-hybridized carbons (Fsp3) is 0.267. The Labute approximate surface area is 117 Å². The van der Waals surface area contributed by atoms with E-state index in [9.17, 15) is 4.79 Å². The molecule has 5 nitrogen and oxygen atoms in total. The summed E-state index contributed by atoms with van der Waals surface area (Å²) in [5, 5.41) is 18.0. The van der Waals surface area contributed by atoms with Crippen LogP contribution in [0.1, 0.15) is 21.7 Å². The van der Waals surface area contributed by atoms with Crippen LogP contribution in [0.3, 0.4) is 0 Å². The van der Waals surface area contributed by atoms with Crippen LogP contribution in [0.15, 0.2) is 47.1 Å². The van der Waals surface area contributed by atoms with E-state index in [1.165, 1.54) is 12.3 Å². The number of aliphatic hydroxyl groups is 1. The van der Waals surface area contributed by atoms with Crippen LogP contribution < -0.4 is 0 Å². The first-order valence-corrected chi connectivity index (χ1v) is 6.37. The lowest BCUT2D eigenvalue weighted by atomic mass is 10.2. The van der Waals surface area contributed by atoms with Gasteiger partial charge in [-0.05, 0) is 11.6 Å². The smallest absolute Gasteiger partial charge is 0.338 e. The molecule has 1 aromatic carbocycles. The molecular formula is C15H17NO4. The number of aromatic carboxylic acids is 1. The molecule has 2 aromatic rings. The quantitative estimate of drug-likeness (QED) is 0.808. The highest BCUT2D eigenvalue weighted by Crippen LogP contribution is 2.13.